The van der Waals surface area contributed by atoms with Crippen molar-refractivity contribution in [3.8, 4) is 17.8 Å². The number of hydrogen-bond acceptors (Lipinski definition) is 7. The van der Waals surface area contributed by atoms with E-state index in [4.69, 9.17) is 21.1 Å². The third kappa shape index (κ3) is 4.71. The van der Waals surface area contributed by atoms with E-state index >= 15 is 0 Å². The summed E-state index contributed by atoms with van der Waals surface area (Å²) in [5.41, 5.74) is 0. The molecule has 0 spiro atoms. The smallest absolute Gasteiger partial charge is 0.330 e. The van der Waals surface area contributed by atoms with Crippen LogP contribution in [0.2, 0.25) is 5.02 Å². The summed E-state index contributed by atoms with van der Waals surface area (Å²) in [4.78, 5) is 16.3. The van der Waals surface area contributed by atoms with Crippen molar-refractivity contribution >= 4 is 17.5 Å². The van der Waals surface area contributed by atoms with Crippen molar-refractivity contribution in [2.24, 2.45) is 0 Å². The van der Waals surface area contributed by atoms with Crippen LogP contribution in [0.1, 0.15) is 20.3 Å². The summed E-state index contributed by atoms with van der Waals surface area (Å²) in [6, 6.07) is 1.95. The van der Waals surface area contributed by atoms with E-state index in [0.29, 0.717) is 23.3 Å². The normalized spacial score (nSPS) is 10.2. The lowest BCUT2D eigenvalue weighted by Gasteiger charge is -2.08. The Balaban J connectivity index is 2.22. The minimum Gasteiger partial charge on any atom is -0.464 e. The molecule has 0 aliphatic carbocycles. The highest BCUT2D eigenvalue weighted by molar-refractivity contribution is 6.30. The summed E-state index contributed by atoms with van der Waals surface area (Å²) >= 11 is 5.86. The number of nitrogens with zero attached hydrogens (tertiary/aromatic N) is 4. The third-order valence-corrected chi connectivity index (χ3v) is 2.50. The molecule has 7 nitrogen and oxygen atoms in total. The number of rotatable bonds is 7. The molecule has 2 rings (SSSR count). The maximum atomic E-state index is 5.86. The zero-order valence-corrected chi connectivity index (χ0v) is 12.6. The number of pyridine rings is 1. The van der Waals surface area contributed by atoms with Crippen LogP contribution in [0.4, 0.5) is 5.95 Å². The lowest BCUT2D eigenvalue weighted by atomic mass is 10.5. The molecule has 0 saturated carbocycles. The van der Waals surface area contributed by atoms with Gasteiger partial charge in [-0.05, 0) is 13.3 Å². The maximum Gasteiger partial charge on any atom is 0.330 e. The summed E-state index contributed by atoms with van der Waals surface area (Å²) < 4.78 is 10.8. The van der Waals surface area contributed by atoms with Crippen molar-refractivity contribution in [2.45, 2.75) is 20.3 Å². The molecular formula is C13H16ClN5O2. The van der Waals surface area contributed by atoms with E-state index in [2.05, 4.69) is 25.3 Å². The van der Waals surface area contributed by atoms with Gasteiger partial charge in [0.2, 0.25) is 5.95 Å². The molecule has 1 N–H and O–H groups in total. The highest BCUT2D eigenvalue weighted by Crippen LogP contribution is 2.22. The zero-order chi connectivity index (χ0) is 15.1. The number of hydrogen-bond donors (Lipinski definition) is 1. The molecule has 2 aromatic rings. The van der Waals surface area contributed by atoms with Gasteiger partial charge in [0.25, 0.3) is 0 Å². The largest absolute Gasteiger partial charge is 0.464 e. The number of ether oxygens (including phenoxy) is 2. The second-order valence-corrected chi connectivity index (χ2v) is 4.46. The summed E-state index contributed by atoms with van der Waals surface area (Å²) in [6.07, 6.45) is 3.99. The number of nitrogens with one attached hydrogen (secondary N) is 1. The van der Waals surface area contributed by atoms with Crippen molar-refractivity contribution in [1.82, 2.24) is 19.9 Å². The van der Waals surface area contributed by atoms with Gasteiger partial charge in [0.15, 0.2) is 5.75 Å². The first-order valence-corrected chi connectivity index (χ1v) is 7.00. The molecule has 8 heteroatoms. The van der Waals surface area contributed by atoms with E-state index in [9.17, 15) is 0 Å². The van der Waals surface area contributed by atoms with Crippen molar-refractivity contribution in [2.75, 3.05) is 18.5 Å². The van der Waals surface area contributed by atoms with Gasteiger partial charge in [0.05, 0.1) is 17.8 Å². The molecule has 0 saturated heterocycles. The van der Waals surface area contributed by atoms with Crippen molar-refractivity contribution < 1.29 is 9.47 Å². The molecular weight excluding hydrogens is 294 g/mol. The molecule has 2 heterocycles. The molecule has 112 valence electrons. The lowest BCUT2D eigenvalue weighted by molar-refractivity contribution is 0.303. The fourth-order valence-corrected chi connectivity index (χ4v) is 1.61. The molecule has 0 aliphatic heterocycles. The minimum atomic E-state index is 0.121. The van der Waals surface area contributed by atoms with Crippen LogP contribution in [0, 0.1) is 0 Å². The second kappa shape index (κ2) is 7.58. The first-order chi connectivity index (χ1) is 10.2. The molecule has 0 aliphatic rings. The molecule has 0 unspecified atom stereocenters. The van der Waals surface area contributed by atoms with Gasteiger partial charge in [-0.15, -0.1) is 4.98 Å². The minimum absolute atomic E-state index is 0.121. The maximum absolute atomic E-state index is 5.86. The Labute approximate surface area is 127 Å². The molecule has 0 bridgehead atoms. The van der Waals surface area contributed by atoms with Gasteiger partial charge in [-0.1, -0.05) is 18.5 Å². The van der Waals surface area contributed by atoms with Crippen LogP contribution < -0.4 is 14.8 Å². The van der Waals surface area contributed by atoms with Gasteiger partial charge in [-0.3, -0.25) is 4.98 Å². The van der Waals surface area contributed by atoms with Gasteiger partial charge in [-0.2, -0.15) is 9.97 Å². The molecule has 0 amide bonds. The van der Waals surface area contributed by atoms with E-state index in [1.807, 2.05) is 13.8 Å². The first kappa shape index (κ1) is 15.2. The Hall–Kier alpha value is -2.15. The van der Waals surface area contributed by atoms with Crippen LogP contribution in [0.5, 0.6) is 17.8 Å². The first-order valence-electron chi connectivity index (χ1n) is 6.62. The predicted molar refractivity (Wildman–Crippen MR) is 79.1 cm³/mol. The van der Waals surface area contributed by atoms with Crippen molar-refractivity contribution in [3.63, 3.8) is 0 Å². The van der Waals surface area contributed by atoms with Gasteiger partial charge >= 0.3 is 12.0 Å². The fourth-order valence-electron chi connectivity index (χ4n) is 1.45. The van der Waals surface area contributed by atoms with Crippen molar-refractivity contribution in [3.05, 3.63) is 23.5 Å². The lowest BCUT2D eigenvalue weighted by Crippen LogP contribution is -2.08. The van der Waals surface area contributed by atoms with Gasteiger partial charge in [0.1, 0.15) is 0 Å². The van der Waals surface area contributed by atoms with Crippen LogP contribution in [0.25, 0.3) is 0 Å². The number of aromatic nitrogens is 4. The summed E-state index contributed by atoms with van der Waals surface area (Å²) in [5.74, 6) is 0.845. The second-order valence-electron chi connectivity index (χ2n) is 4.02. The Morgan fingerprint density at radius 3 is 2.67 bits per heavy atom. The van der Waals surface area contributed by atoms with Gasteiger partial charge in [-0.25, -0.2) is 0 Å². The molecule has 0 atom stereocenters. The Bertz CT molecular complexity index is 597. The quantitative estimate of drug-likeness (QED) is 0.842. The summed E-state index contributed by atoms with van der Waals surface area (Å²) in [5, 5.41) is 3.54. The van der Waals surface area contributed by atoms with E-state index in [-0.39, 0.29) is 12.0 Å². The van der Waals surface area contributed by atoms with E-state index in [1.54, 1.807) is 6.07 Å². The van der Waals surface area contributed by atoms with Gasteiger partial charge in [0, 0.05) is 18.8 Å². The highest BCUT2D eigenvalue weighted by atomic mass is 35.5. The zero-order valence-electron chi connectivity index (χ0n) is 11.8. The Kier molecular flexibility index (Phi) is 5.51. The van der Waals surface area contributed by atoms with E-state index in [1.165, 1.54) is 12.4 Å². The van der Waals surface area contributed by atoms with Crippen LogP contribution in [0.3, 0.4) is 0 Å². The predicted octanol–water partition coefficient (Wildman–Crippen LogP) is 2.93. The third-order valence-electron chi connectivity index (χ3n) is 2.29. The van der Waals surface area contributed by atoms with E-state index < -0.39 is 0 Å². The van der Waals surface area contributed by atoms with Crippen LogP contribution >= 0.6 is 11.6 Å². The molecule has 0 aromatic carbocycles. The monoisotopic (exact) mass is 309 g/mol. The highest BCUT2D eigenvalue weighted by Gasteiger charge is 2.09. The molecule has 2 aromatic heterocycles. The van der Waals surface area contributed by atoms with Crippen LogP contribution in [0.15, 0.2) is 18.5 Å². The number of anilines is 1. The topological polar surface area (TPSA) is 82.1 Å². The van der Waals surface area contributed by atoms with Crippen LogP contribution in [-0.4, -0.2) is 33.1 Å². The Morgan fingerprint density at radius 1 is 1.14 bits per heavy atom. The summed E-state index contributed by atoms with van der Waals surface area (Å²) in [7, 11) is 0. The van der Waals surface area contributed by atoms with E-state index in [0.717, 1.165) is 13.0 Å². The Morgan fingerprint density at radius 2 is 1.95 bits per heavy atom. The summed E-state index contributed by atoms with van der Waals surface area (Å²) in [6.45, 7) is 5.10. The van der Waals surface area contributed by atoms with Crippen LogP contribution in [-0.2, 0) is 0 Å². The SMILES string of the molecule is CCCNc1nc(OCC)nc(Oc2cncc(Cl)c2)n1. The standard InChI is InChI=1S/C13H16ClN5O2/c1-3-5-16-11-17-12(20-4-2)19-13(18-11)21-10-6-9(14)7-15-8-10/h6-8H,3-5H2,1-2H3,(H,16,17,18,19). The van der Waals surface area contributed by atoms with Gasteiger partial charge < -0.3 is 14.8 Å². The average Bonchev–Trinajstić information content (AvgIpc) is 2.45. The molecule has 0 fully saturated rings. The molecule has 0 radical (unpaired) electrons. The average molecular weight is 310 g/mol. The van der Waals surface area contributed by atoms with Crippen molar-refractivity contribution in [1.29, 1.82) is 0 Å². The fraction of sp³-hybridized carbons (Fsp3) is 0.385. The molecule has 21 heavy (non-hydrogen) atoms. The number of halogens is 1.